The van der Waals surface area contributed by atoms with E-state index >= 15 is 0 Å². The van der Waals surface area contributed by atoms with Crippen LogP contribution < -0.4 is 5.32 Å². The van der Waals surface area contributed by atoms with Crippen LogP contribution in [0.15, 0.2) is 29.2 Å². The Hall–Kier alpha value is -1.44. The van der Waals surface area contributed by atoms with Crippen LogP contribution in [0.4, 0.5) is 0 Å². The number of hydrogen-bond acceptors (Lipinski definition) is 4. The first-order valence-electron chi connectivity index (χ1n) is 10.2. The lowest BCUT2D eigenvalue weighted by molar-refractivity contribution is -0.124. The fraction of sp³-hybridized carbons (Fsp3) is 0.667. The fourth-order valence-electron chi connectivity index (χ4n) is 3.19. The van der Waals surface area contributed by atoms with E-state index in [9.17, 15) is 13.2 Å². The molecule has 28 heavy (non-hydrogen) atoms. The summed E-state index contributed by atoms with van der Waals surface area (Å²) in [5, 5.41) is 3.03. The number of benzene rings is 1. The Bertz CT molecular complexity index is 752. The first kappa shape index (κ1) is 22.8. The quantitative estimate of drug-likeness (QED) is 0.717. The second-order valence-electron chi connectivity index (χ2n) is 8.34. The van der Waals surface area contributed by atoms with Crippen LogP contribution in [-0.4, -0.2) is 61.8 Å². The summed E-state index contributed by atoms with van der Waals surface area (Å²) in [7, 11) is -3.49. The van der Waals surface area contributed by atoms with E-state index in [4.69, 9.17) is 0 Å². The summed E-state index contributed by atoms with van der Waals surface area (Å²) in [5.74, 6) is 0.410. The first-order chi connectivity index (χ1) is 13.1. The SMILES string of the molecule is CC[C@@H](C)c1ccc(S(=O)(=O)N2CCN(CC(=O)NC(C)(C)CC)CC2)cc1. The first-order valence-corrected chi connectivity index (χ1v) is 11.7. The number of nitrogens with one attached hydrogen (secondary N) is 1. The van der Waals surface area contributed by atoms with Gasteiger partial charge in [-0.2, -0.15) is 4.31 Å². The van der Waals surface area contributed by atoms with E-state index in [0.29, 0.717) is 43.5 Å². The van der Waals surface area contributed by atoms with Crippen LogP contribution in [0.1, 0.15) is 58.9 Å². The molecule has 1 heterocycles. The zero-order valence-corrected chi connectivity index (χ0v) is 18.7. The molecule has 1 aliphatic heterocycles. The zero-order chi connectivity index (χ0) is 20.9. The minimum Gasteiger partial charge on any atom is -0.350 e. The van der Waals surface area contributed by atoms with Crippen molar-refractivity contribution in [3.8, 4) is 0 Å². The average Bonchev–Trinajstić information content (AvgIpc) is 2.67. The van der Waals surface area contributed by atoms with Gasteiger partial charge in [0.05, 0.1) is 11.4 Å². The number of sulfonamides is 1. The maximum Gasteiger partial charge on any atom is 0.243 e. The average molecular weight is 410 g/mol. The normalized spacial score (nSPS) is 18.0. The van der Waals surface area contributed by atoms with Crippen molar-refractivity contribution >= 4 is 15.9 Å². The molecule has 0 spiro atoms. The molecule has 0 aromatic heterocycles. The highest BCUT2D eigenvalue weighted by atomic mass is 32.2. The molecule has 1 saturated heterocycles. The van der Waals surface area contributed by atoms with Crippen LogP contribution in [0.3, 0.4) is 0 Å². The van der Waals surface area contributed by atoms with E-state index < -0.39 is 10.0 Å². The van der Waals surface area contributed by atoms with Gasteiger partial charge < -0.3 is 5.32 Å². The largest absolute Gasteiger partial charge is 0.350 e. The predicted molar refractivity (Wildman–Crippen MR) is 113 cm³/mol. The monoisotopic (exact) mass is 409 g/mol. The Morgan fingerprint density at radius 2 is 1.68 bits per heavy atom. The summed E-state index contributed by atoms with van der Waals surface area (Å²) >= 11 is 0. The Morgan fingerprint density at radius 1 is 1.11 bits per heavy atom. The molecule has 2 rings (SSSR count). The molecule has 1 N–H and O–H groups in total. The van der Waals surface area contributed by atoms with Gasteiger partial charge in [0.2, 0.25) is 15.9 Å². The molecule has 7 heteroatoms. The summed E-state index contributed by atoms with van der Waals surface area (Å²) in [5.41, 5.74) is 0.941. The van der Waals surface area contributed by atoms with E-state index in [-0.39, 0.29) is 11.4 Å². The summed E-state index contributed by atoms with van der Waals surface area (Å²) in [6, 6.07) is 7.25. The van der Waals surface area contributed by atoms with Crippen molar-refractivity contribution in [2.24, 2.45) is 0 Å². The van der Waals surface area contributed by atoms with Crippen LogP contribution in [0.2, 0.25) is 0 Å². The van der Waals surface area contributed by atoms with Gasteiger partial charge in [-0.05, 0) is 50.3 Å². The topological polar surface area (TPSA) is 69.7 Å². The van der Waals surface area contributed by atoms with Crippen LogP contribution in [0.25, 0.3) is 0 Å². The molecular formula is C21H35N3O3S. The van der Waals surface area contributed by atoms with Crippen LogP contribution in [0.5, 0.6) is 0 Å². The molecule has 1 fully saturated rings. The van der Waals surface area contributed by atoms with Crippen molar-refractivity contribution in [3.63, 3.8) is 0 Å². The maximum atomic E-state index is 12.9. The van der Waals surface area contributed by atoms with Crippen molar-refractivity contribution in [2.75, 3.05) is 32.7 Å². The Labute approximate surface area is 170 Å². The molecule has 0 saturated carbocycles. The molecule has 6 nitrogen and oxygen atoms in total. The summed E-state index contributed by atoms with van der Waals surface area (Å²) < 4.78 is 27.4. The second kappa shape index (κ2) is 9.37. The van der Waals surface area contributed by atoms with Gasteiger partial charge in [0.25, 0.3) is 0 Å². The van der Waals surface area contributed by atoms with Gasteiger partial charge in [-0.1, -0.05) is 32.9 Å². The van der Waals surface area contributed by atoms with Crippen molar-refractivity contribution in [2.45, 2.75) is 63.8 Å². The second-order valence-corrected chi connectivity index (χ2v) is 10.3. The van der Waals surface area contributed by atoms with Gasteiger partial charge in [-0.25, -0.2) is 8.42 Å². The molecule has 1 atom stereocenters. The number of carbonyl (C=O) groups is 1. The van der Waals surface area contributed by atoms with Gasteiger partial charge in [-0.15, -0.1) is 0 Å². The zero-order valence-electron chi connectivity index (χ0n) is 17.9. The fourth-order valence-corrected chi connectivity index (χ4v) is 4.61. The summed E-state index contributed by atoms with van der Waals surface area (Å²) in [6.07, 6.45) is 1.89. The summed E-state index contributed by atoms with van der Waals surface area (Å²) in [4.78, 5) is 14.6. The predicted octanol–water partition coefficient (Wildman–Crippen LogP) is 2.81. The number of amides is 1. The highest BCUT2D eigenvalue weighted by Gasteiger charge is 2.29. The molecule has 1 aromatic rings. The van der Waals surface area contributed by atoms with Crippen LogP contribution >= 0.6 is 0 Å². The highest BCUT2D eigenvalue weighted by molar-refractivity contribution is 7.89. The van der Waals surface area contributed by atoms with Gasteiger partial charge >= 0.3 is 0 Å². The lowest BCUT2D eigenvalue weighted by Crippen LogP contribution is -2.53. The van der Waals surface area contributed by atoms with Gasteiger partial charge in [0.1, 0.15) is 0 Å². The van der Waals surface area contributed by atoms with E-state index in [1.807, 2.05) is 37.8 Å². The van der Waals surface area contributed by atoms with Crippen LogP contribution in [0, 0.1) is 0 Å². The molecule has 158 valence electrons. The third kappa shape index (κ3) is 5.78. The van der Waals surface area contributed by atoms with Crippen molar-refractivity contribution < 1.29 is 13.2 Å². The number of piperazine rings is 1. The molecule has 1 amide bonds. The Kier molecular flexibility index (Phi) is 7.65. The Morgan fingerprint density at radius 3 is 2.18 bits per heavy atom. The molecule has 1 aliphatic rings. The van der Waals surface area contributed by atoms with Gasteiger partial charge in [0.15, 0.2) is 0 Å². The number of rotatable bonds is 8. The third-order valence-electron chi connectivity index (χ3n) is 5.76. The van der Waals surface area contributed by atoms with E-state index in [1.54, 1.807) is 12.1 Å². The molecule has 0 aliphatic carbocycles. The number of carbonyl (C=O) groups excluding carboxylic acids is 1. The van der Waals surface area contributed by atoms with E-state index in [2.05, 4.69) is 19.2 Å². The van der Waals surface area contributed by atoms with E-state index in [0.717, 1.165) is 18.4 Å². The molecule has 1 aromatic carbocycles. The minimum absolute atomic E-state index is 0.0104. The standard InChI is InChI=1S/C21H35N3O3S/c1-6-17(3)18-8-10-19(11-9-18)28(26,27)24-14-12-23(13-15-24)16-20(25)22-21(4,5)7-2/h8-11,17H,6-7,12-16H2,1-5H3,(H,22,25)/t17-/m1/s1. The number of hydrogen-bond donors (Lipinski definition) is 1. The van der Waals surface area contributed by atoms with Gasteiger partial charge in [0, 0.05) is 31.7 Å². The van der Waals surface area contributed by atoms with Gasteiger partial charge in [-0.3, -0.25) is 9.69 Å². The molecule has 0 bridgehead atoms. The molecule has 0 radical (unpaired) electrons. The van der Waals surface area contributed by atoms with E-state index in [1.165, 1.54) is 4.31 Å². The maximum absolute atomic E-state index is 12.9. The van der Waals surface area contributed by atoms with Crippen LogP contribution in [-0.2, 0) is 14.8 Å². The lowest BCUT2D eigenvalue weighted by atomic mass is 9.99. The smallest absolute Gasteiger partial charge is 0.243 e. The highest BCUT2D eigenvalue weighted by Crippen LogP contribution is 2.23. The minimum atomic E-state index is -3.49. The van der Waals surface area contributed by atoms with Crippen molar-refractivity contribution in [3.05, 3.63) is 29.8 Å². The molecular weight excluding hydrogens is 374 g/mol. The Balaban J connectivity index is 1.93. The number of nitrogens with zero attached hydrogens (tertiary/aromatic N) is 2. The van der Waals surface area contributed by atoms with Crippen molar-refractivity contribution in [1.82, 2.24) is 14.5 Å². The molecule has 0 unspecified atom stereocenters. The lowest BCUT2D eigenvalue weighted by Gasteiger charge is -2.34. The summed E-state index contributed by atoms with van der Waals surface area (Å²) in [6.45, 7) is 12.5. The van der Waals surface area contributed by atoms with Crippen molar-refractivity contribution in [1.29, 1.82) is 0 Å². The third-order valence-corrected chi connectivity index (χ3v) is 7.67.